The van der Waals surface area contributed by atoms with Crippen molar-refractivity contribution in [3.63, 3.8) is 0 Å². The molecule has 0 aliphatic rings. The Hall–Kier alpha value is -6.26. The molecule has 258 valence electrons. The minimum atomic E-state index is 0.452. The van der Waals surface area contributed by atoms with Crippen LogP contribution in [-0.2, 0) is 13.1 Å². The smallest absolute Gasteiger partial charge is 0.209 e. The van der Waals surface area contributed by atoms with Gasteiger partial charge >= 0.3 is 0 Å². The first-order valence-electron chi connectivity index (χ1n) is 16.1. The second kappa shape index (κ2) is 14.9. The Morgan fingerprint density at radius 3 is 1.31 bits per heavy atom. The normalized spacial score (nSPS) is 11.2. The molecule has 0 aliphatic carbocycles. The monoisotopic (exact) mass is 726 g/mol. The van der Waals surface area contributed by atoms with Crippen LogP contribution in [0.2, 0.25) is 0 Å². The van der Waals surface area contributed by atoms with E-state index in [-0.39, 0.29) is 0 Å². The van der Waals surface area contributed by atoms with E-state index in [0.717, 1.165) is 55.2 Å². The average molecular weight is 727 g/mol. The fourth-order valence-electron chi connectivity index (χ4n) is 5.36. The van der Waals surface area contributed by atoms with Crippen LogP contribution in [0.3, 0.4) is 0 Å². The van der Waals surface area contributed by atoms with Gasteiger partial charge in [0.15, 0.2) is 0 Å². The van der Waals surface area contributed by atoms with Gasteiger partial charge in [-0.15, -0.1) is 20.4 Å². The molecule has 0 radical (unpaired) electrons. The molecule has 0 unspecified atom stereocenters. The molecule has 4 aromatic carbocycles. The van der Waals surface area contributed by atoms with Crippen LogP contribution < -0.4 is 9.47 Å². The zero-order chi connectivity index (χ0) is 35.3. The van der Waals surface area contributed by atoms with Crippen molar-refractivity contribution in [3.8, 4) is 45.6 Å². The molecule has 52 heavy (non-hydrogen) atoms. The summed E-state index contributed by atoms with van der Waals surface area (Å²) in [6.45, 7) is 0.972. The van der Waals surface area contributed by atoms with Crippen LogP contribution >= 0.6 is 21.6 Å². The number of ether oxygens (including phenoxy) is 2. The maximum atomic E-state index is 5.41. The predicted octanol–water partition coefficient (Wildman–Crippen LogP) is 6.28. The molecule has 0 spiro atoms. The van der Waals surface area contributed by atoms with Gasteiger partial charge in [0.25, 0.3) is 0 Å². The summed E-state index contributed by atoms with van der Waals surface area (Å²) in [4.78, 5) is 3.16. The third kappa shape index (κ3) is 7.01. The molecule has 8 rings (SSSR count). The first-order chi connectivity index (χ1) is 25.6. The highest BCUT2D eigenvalue weighted by molar-refractivity contribution is 8.76. The number of nitrogens with zero attached hydrogens (tertiary/aromatic N) is 12. The van der Waals surface area contributed by atoms with Crippen molar-refractivity contribution >= 4 is 21.6 Å². The Morgan fingerprint density at radius 2 is 0.923 bits per heavy atom. The number of aromatic nitrogens is 12. The van der Waals surface area contributed by atoms with Crippen molar-refractivity contribution in [3.05, 3.63) is 133 Å². The van der Waals surface area contributed by atoms with Crippen LogP contribution in [0.1, 0.15) is 11.1 Å². The van der Waals surface area contributed by atoms with Crippen molar-refractivity contribution in [1.29, 1.82) is 0 Å². The minimum absolute atomic E-state index is 0.452. The maximum absolute atomic E-state index is 5.41. The van der Waals surface area contributed by atoms with Crippen molar-refractivity contribution in [2.45, 2.75) is 23.1 Å². The Bertz CT molecular complexity index is 2220. The summed E-state index contributed by atoms with van der Waals surface area (Å²) in [5.74, 6) is 2.39. The number of benzene rings is 4. The zero-order valence-electron chi connectivity index (χ0n) is 28.0. The summed E-state index contributed by atoms with van der Waals surface area (Å²) in [7, 11) is 6.25. The highest BCUT2D eigenvalue weighted by Gasteiger charge is 2.24. The van der Waals surface area contributed by atoms with Gasteiger partial charge in [-0.1, -0.05) is 60.7 Å². The Morgan fingerprint density at radius 1 is 0.519 bits per heavy atom. The van der Waals surface area contributed by atoms with Gasteiger partial charge in [0.1, 0.15) is 21.6 Å². The summed E-state index contributed by atoms with van der Waals surface area (Å²) >= 11 is 0. The van der Waals surface area contributed by atoms with E-state index in [1.165, 1.54) is 21.6 Å². The van der Waals surface area contributed by atoms with Gasteiger partial charge in [0.2, 0.25) is 11.6 Å². The van der Waals surface area contributed by atoms with Crippen LogP contribution in [0.4, 0.5) is 0 Å². The molecule has 4 heterocycles. The number of hydrogen-bond acceptors (Lipinski definition) is 12. The lowest BCUT2D eigenvalue weighted by molar-refractivity contribution is 0.414. The van der Waals surface area contributed by atoms with E-state index in [1.54, 1.807) is 36.2 Å². The number of methoxy groups -OCH3 is 2. The number of rotatable bonds is 13. The topological polar surface area (TPSA) is 141 Å². The second-order valence-electron chi connectivity index (χ2n) is 11.4. The zero-order valence-corrected chi connectivity index (χ0v) is 29.6. The summed E-state index contributed by atoms with van der Waals surface area (Å²) in [6.07, 6.45) is 3.52. The number of tetrazole rings is 2. The quantitative estimate of drug-likeness (QED) is 0.124. The van der Waals surface area contributed by atoms with Gasteiger partial charge in [0.05, 0.1) is 62.2 Å². The van der Waals surface area contributed by atoms with Crippen LogP contribution in [0.15, 0.2) is 132 Å². The lowest BCUT2D eigenvalue weighted by Gasteiger charge is -2.11. The van der Waals surface area contributed by atoms with E-state index < -0.39 is 0 Å². The van der Waals surface area contributed by atoms with Crippen molar-refractivity contribution in [2.24, 2.45) is 0 Å². The third-order valence-electron chi connectivity index (χ3n) is 8.00. The van der Waals surface area contributed by atoms with Crippen LogP contribution in [-0.4, -0.2) is 74.2 Å². The fraction of sp³-hybridized carbons (Fsp3) is 0.111. The average Bonchev–Trinajstić information content (AvgIpc) is 4.02. The highest BCUT2D eigenvalue weighted by atomic mass is 33.1. The summed E-state index contributed by atoms with van der Waals surface area (Å²) in [5, 5.41) is 38.2. The molecule has 0 saturated heterocycles. The van der Waals surface area contributed by atoms with Crippen LogP contribution in [0.25, 0.3) is 34.2 Å². The van der Waals surface area contributed by atoms with Gasteiger partial charge in [-0.2, -0.15) is 19.8 Å². The third-order valence-corrected chi connectivity index (χ3v) is 10.4. The fourth-order valence-corrected chi connectivity index (χ4v) is 7.87. The van der Waals surface area contributed by atoms with E-state index >= 15 is 0 Å². The van der Waals surface area contributed by atoms with Gasteiger partial charge < -0.3 is 9.47 Å². The first-order valence-corrected chi connectivity index (χ1v) is 18.2. The van der Waals surface area contributed by atoms with Gasteiger partial charge in [0, 0.05) is 0 Å². The van der Waals surface area contributed by atoms with E-state index in [2.05, 4.69) is 20.6 Å². The number of hydrogen-bond donors (Lipinski definition) is 0. The molecule has 8 aromatic rings. The molecular formula is C36H30N12O2S2. The molecule has 0 saturated carbocycles. The molecular weight excluding hydrogens is 697 g/mol. The molecule has 0 aliphatic heterocycles. The molecule has 16 heteroatoms. The van der Waals surface area contributed by atoms with Gasteiger partial charge in [-0.05, 0) is 91.7 Å². The summed E-state index contributed by atoms with van der Waals surface area (Å²) in [5.41, 5.74) is 5.24. The minimum Gasteiger partial charge on any atom is -0.497 e. The molecule has 0 amide bonds. The Labute approximate surface area is 305 Å². The standard InChI is InChI=1S/C36H30N12O2S2/c1-49-29-17-13-27(14-18-29)47-35(31(21-37-47)33-39-43-45(41-33)23-25-9-5-3-6-10-25)51-52-36-32(22-38-48(36)28-15-19-30(50-2)20-16-28)34-40-44-46(42-34)24-26-11-7-4-8-12-26/h3-22H,23-24H2,1-2H3. The summed E-state index contributed by atoms with van der Waals surface area (Å²) < 4.78 is 14.5. The summed E-state index contributed by atoms with van der Waals surface area (Å²) in [6, 6.07) is 35.4. The molecule has 0 bridgehead atoms. The largest absolute Gasteiger partial charge is 0.497 e. The predicted molar refractivity (Wildman–Crippen MR) is 197 cm³/mol. The van der Waals surface area contributed by atoms with E-state index in [1.807, 2.05) is 119 Å². The maximum Gasteiger partial charge on any atom is 0.209 e. The van der Waals surface area contributed by atoms with E-state index in [9.17, 15) is 0 Å². The lowest BCUT2D eigenvalue weighted by atomic mass is 10.2. The van der Waals surface area contributed by atoms with E-state index in [0.29, 0.717) is 24.7 Å². The van der Waals surface area contributed by atoms with E-state index in [4.69, 9.17) is 29.9 Å². The first kappa shape index (κ1) is 32.9. The van der Waals surface area contributed by atoms with Crippen molar-refractivity contribution in [2.75, 3.05) is 14.2 Å². The van der Waals surface area contributed by atoms with Gasteiger partial charge in [-0.25, -0.2) is 9.36 Å². The van der Waals surface area contributed by atoms with Crippen molar-refractivity contribution in [1.82, 2.24) is 60.0 Å². The molecule has 0 fully saturated rings. The molecule has 0 atom stereocenters. The lowest BCUT2D eigenvalue weighted by Crippen LogP contribution is -2.03. The highest BCUT2D eigenvalue weighted by Crippen LogP contribution is 2.46. The molecule has 14 nitrogen and oxygen atoms in total. The Kier molecular flexibility index (Phi) is 9.45. The molecule has 4 aromatic heterocycles. The van der Waals surface area contributed by atoms with Crippen LogP contribution in [0.5, 0.6) is 11.5 Å². The van der Waals surface area contributed by atoms with Crippen LogP contribution in [0, 0.1) is 0 Å². The Balaban J connectivity index is 1.17. The van der Waals surface area contributed by atoms with Crippen molar-refractivity contribution < 1.29 is 9.47 Å². The van der Waals surface area contributed by atoms with Gasteiger partial charge in [-0.3, -0.25) is 0 Å². The second-order valence-corrected chi connectivity index (χ2v) is 13.5. The SMILES string of the molecule is COc1ccc(-n2ncc(-c3nnn(Cc4ccccc4)n3)c2SSc2c(-c3nnn(Cc4ccccc4)n3)cnn2-c2ccc(OC)cc2)cc1. The molecule has 0 N–H and O–H groups in total.